The maximum Gasteiger partial charge on any atom is 0.225 e. The molecule has 4 nitrogen and oxygen atoms in total. The summed E-state index contributed by atoms with van der Waals surface area (Å²) in [6.45, 7) is 3.24. The quantitative estimate of drug-likeness (QED) is 0.871. The summed E-state index contributed by atoms with van der Waals surface area (Å²) < 4.78 is 0. The molecule has 1 atom stereocenters. The Morgan fingerprint density at radius 3 is 2.88 bits per heavy atom. The van der Waals surface area contributed by atoms with Gasteiger partial charge in [0.1, 0.15) is 0 Å². The van der Waals surface area contributed by atoms with E-state index >= 15 is 0 Å². The second kappa shape index (κ2) is 5.46. The smallest absolute Gasteiger partial charge is 0.225 e. The van der Waals surface area contributed by atoms with E-state index in [2.05, 4.69) is 20.2 Å². The van der Waals surface area contributed by atoms with Crippen LogP contribution in [0.25, 0.3) is 0 Å². The van der Waals surface area contributed by atoms with Crippen LogP contribution in [0.1, 0.15) is 12.8 Å². The number of aromatic nitrogens is 2. The highest BCUT2D eigenvalue weighted by Gasteiger charge is 2.16. The molecule has 1 fully saturated rings. The van der Waals surface area contributed by atoms with Crippen LogP contribution in [0, 0.1) is 5.92 Å². The number of halogens is 1. The first kappa shape index (κ1) is 11.6. The van der Waals surface area contributed by atoms with E-state index in [1.54, 1.807) is 12.4 Å². The molecule has 1 aliphatic rings. The molecule has 5 heteroatoms. The Bertz CT molecular complexity index is 321. The number of anilines is 1. The maximum atomic E-state index is 5.75. The van der Waals surface area contributed by atoms with E-state index in [9.17, 15) is 0 Å². The monoisotopic (exact) mass is 240 g/mol. The van der Waals surface area contributed by atoms with Gasteiger partial charge in [0.15, 0.2) is 0 Å². The molecule has 2 heterocycles. The van der Waals surface area contributed by atoms with E-state index in [1.165, 1.54) is 12.8 Å². The Hall–Kier alpha value is -0.870. The minimum Gasteiger partial charge on any atom is -0.344 e. The van der Waals surface area contributed by atoms with Crippen molar-refractivity contribution in [2.45, 2.75) is 12.8 Å². The average molecular weight is 241 g/mol. The highest BCUT2D eigenvalue weighted by atomic mass is 35.5. The normalized spacial score (nSPS) is 20.8. The van der Waals surface area contributed by atoms with E-state index in [1.807, 2.05) is 7.05 Å². The van der Waals surface area contributed by atoms with Gasteiger partial charge in [0.25, 0.3) is 0 Å². The molecule has 1 N–H and O–H groups in total. The predicted molar refractivity (Wildman–Crippen MR) is 65.9 cm³/mol. The molecule has 0 radical (unpaired) electrons. The third-order valence-electron chi connectivity index (χ3n) is 2.88. The average Bonchev–Trinajstić information content (AvgIpc) is 2.31. The Labute approximate surface area is 101 Å². The zero-order valence-corrected chi connectivity index (χ0v) is 10.2. The van der Waals surface area contributed by atoms with Gasteiger partial charge in [0, 0.05) is 13.6 Å². The van der Waals surface area contributed by atoms with Gasteiger partial charge >= 0.3 is 0 Å². The number of nitrogens with zero attached hydrogens (tertiary/aromatic N) is 3. The SMILES string of the molecule is CN(C[C@H]1CCCNC1)c1ncc(Cl)cn1. The second-order valence-corrected chi connectivity index (χ2v) is 4.73. The first-order valence-corrected chi connectivity index (χ1v) is 6.03. The van der Waals surface area contributed by atoms with Gasteiger partial charge in [-0.25, -0.2) is 9.97 Å². The van der Waals surface area contributed by atoms with Crippen LogP contribution in [0.5, 0.6) is 0 Å². The summed E-state index contributed by atoms with van der Waals surface area (Å²) in [6.07, 6.45) is 5.82. The fraction of sp³-hybridized carbons (Fsp3) is 0.636. The number of nitrogens with one attached hydrogen (secondary N) is 1. The molecule has 1 aromatic rings. The van der Waals surface area contributed by atoms with Crippen LogP contribution in [0.2, 0.25) is 5.02 Å². The summed E-state index contributed by atoms with van der Waals surface area (Å²) in [5.74, 6) is 1.44. The van der Waals surface area contributed by atoms with Crippen LogP contribution in [0.3, 0.4) is 0 Å². The van der Waals surface area contributed by atoms with Crippen molar-refractivity contribution in [1.82, 2.24) is 15.3 Å². The molecular weight excluding hydrogens is 224 g/mol. The van der Waals surface area contributed by atoms with Crippen LogP contribution < -0.4 is 10.2 Å². The van der Waals surface area contributed by atoms with E-state index in [0.29, 0.717) is 10.9 Å². The fourth-order valence-electron chi connectivity index (χ4n) is 2.05. The highest BCUT2D eigenvalue weighted by molar-refractivity contribution is 6.30. The standard InChI is InChI=1S/C11H17ClN4/c1-16(8-9-3-2-4-13-5-9)11-14-6-10(12)7-15-11/h6-7,9,13H,2-5,8H2,1H3/t9-/m0/s1. The molecule has 2 rings (SSSR count). The number of hydrogen-bond donors (Lipinski definition) is 1. The van der Waals surface area contributed by atoms with Gasteiger partial charge in [-0.1, -0.05) is 11.6 Å². The van der Waals surface area contributed by atoms with Crippen LogP contribution >= 0.6 is 11.6 Å². The van der Waals surface area contributed by atoms with Gasteiger partial charge in [-0.2, -0.15) is 0 Å². The zero-order valence-electron chi connectivity index (χ0n) is 9.49. The van der Waals surface area contributed by atoms with Gasteiger partial charge in [-0.3, -0.25) is 0 Å². The minimum absolute atomic E-state index is 0.580. The molecule has 0 saturated carbocycles. The van der Waals surface area contributed by atoms with Crippen molar-refractivity contribution in [1.29, 1.82) is 0 Å². The van der Waals surface area contributed by atoms with Crippen molar-refractivity contribution in [3.05, 3.63) is 17.4 Å². The summed E-state index contributed by atoms with van der Waals surface area (Å²) in [7, 11) is 2.03. The molecule has 16 heavy (non-hydrogen) atoms. The van der Waals surface area contributed by atoms with E-state index < -0.39 is 0 Å². The molecule has 0 amide bonds. The first-order chi connectivity index (χ1) is 7.75. The molecule has 1 aliphatic heterocycles. The van der Waals surface area contributed by atoms with Crippen LogP contribution in [0.4, 0.5) is 5.95 Å². The molecular formula is C11H17ClN4. The fourth-order valence-corrected chi connectivity index (χ4v) is 2.15. The third-order valence-corrected chi connectivity index (χ3v) is 3.07. The van der Waals surface area contributed by atoms with Crippen molar-refractivity contribution in [2.75, 3.05) is 31.6 Å². The number of piperidine rings is 1. The molecule has 0 aliphatic carbocycles. The molecule has 1 saturated heterocycles. The van der Waals surface area contributed by atoms with E-state index in [0.717, 1.165) is 25.6 Å². The lowest BCUT2D eigenvalue weighted by molar-refractivity contribution is 0.380. The van der Waals surface area contributed by atoms with Gasteiger partial charge < -0.3 is 10.2 Å². The molecule has 1 aromatic heterocycles. The number of hydrogen-bond acceptors (Lipinski definition) is 4. The summed E-state index contributed by atoms with van der Waals surface area (Å²) in [4.78, 5) is 10.5. The highest BCUT2D eigenvalue weighted by Crippen LogP contribution is 2.14. The van der Waals surface area contributed by atoms with Crippen molar-refractivity contribution >= 4 is 17.5 Å². The van der Waals surface area contributed by atoms with Gasteiger partial charge in [-0.05, 0) is 31.8 Å². The third kappa shape index (κ3) is 3.06. The Kier molecular flexibility index (Phi) is 3.96. The lowest BCUT2D eigenvalue weighted by Gasteiger charge is -2.27. The van der Waals surface area contributed by atoms with E-state index in [-0.39, 0.29) is 0 Å². The van der Waals surface area contributed by atoms with Gasteiger partial charge in [0.2, 0.25) is 5.95 Å². The van der Waals surface area contributed by atoms with Crippen molar-refractivity contribution in [3.63, 3.8) is 0 Å². The summed E-state index contributed by atoms with van der Waals surface area (Å²) in [6, 6.07) is 0. The predicted octanol–water partition coefficient (Wildman–Crippen LogP) is 1.57. The van der Waals surface area contributed by atoms with Crippen molar-refractivity contribution in [3.8, 4) is 0 Å². The summed E-state index contributed by atoms with van der Waals surface area (Å²) in [5, 5.41) is 3.99. The maximum absolute atomic E-state index is 5.75. The van der Waals surface area contributed by atoms with Crippen molar-refractivity contribution in [2.24, 2.45) is 5.92 Å². The summed E-state index contributed by atoms with van der Waals surface area (Å²) in [5.41, 5.74) is 0. The summed E-state index contributed by atoms with van der Waals surface area (Å²) >= 11 is 5.75. The Morgan fingerprint density at radius 1 is 1.50 bits per heavy atom. The molecule has 88 valence electrons. The molecule has 0 aromatic carbocycles. The molecule has 0 bridgehead atoms. The lowest BCUT2D eigenvalue weighted by Crippen LogP contribution is -2.37. The van der Waals surface area contributed by atoms with Gasteiger partial charge in [-0.15, -0.1) is 0 Å². The Morgan fingerprint density at radius 2 is 2.25 bits per heavy atom. The van der Waals surface area contributed by atoms with Crippen LogP contribution in [-0.2, 0) is 0 Å². The minimum atomic E-state index is 0.580. The molecule has 0 unspecified atom stereocenters. The Balaban J connectivity index is 1.91. The van der Waals surface area contributed by atoms with Gasteiger partial charge in [0.05, 0.1) is 17.4 Å². The van der Waals surface area contributed by atoms with Crippen LogP contribution in [-0.4, -0.2) is 36.6 Å². The zero-order chi connectivity index (χ0) is 11.4. The van der Waals surface area contributed by atoms with Crippen molar-refractivity contribution < 1.29 is 0 Å². The second-order valence-electron chi connectivity index (χ2n) is 4.29. The largest absolute Gasteiger partial charge is 0.344 e. The first-order valence-electron chi connectivity index (χ1n) is 5.65. The van der Waals surface area contributed by atoms with E-state index in [4.69, 9.17) is 11.6 Å². The van der Waals surface area contributed by atoms with Crippen LogP contribution in [0.15, 0.2) is 12.4 Å². The molecule has 0 spiro atoms. The lowest BCUT2D eigenvalue weighted by atomic mass is 9.99. The number of rotatable bonds is 3. The topological polar surface area (TPSA) is 41.0 Å².